The maximum absolute atomic E-state index is 6.16. The number of hydrogen-bond acceptors (Lipinski definition) is 3. The smallest absolute Gasteiger partial charge is 0.170 e. The van der Waals surface area contributed by atoms with Crippen LogP contribution in [0.3, 0.4) is 0 Å². The van der Waals surface area contributed by atoms with E-state index in [-0.39, 0.29) is 6.17 Å². The lowest BCUT2D eigenvalue weighted by atomic mass is 10.1. The van der Waals surface area contributed by atoms with Crippen molar-refractivity contribution in [2.45, 2.75) is 83.3 Å². The highest BCUT2D eigenvalue weighted by Gasteiger charge is 2.18. The highest BCUT2D eigenvalue weighted by Crippen LogP contribution is 2.13. The summed E-state index contributed by atoms with van der Waals surface area (Å²) in [5.41, 5.74) is 11.0. The van der Waals surface area contributed by atoms with Gasteiger partial charge in [-0.2, -0.15) is 0 Å². The van der Waals surface area contributed by atoms with E-state index < -0.39 is 17.4 Å². The summed E-state index contributed by atoms with van der Waals surface area (Å²) in [5, 5.41) is 0. The maximum Gasteiger partial charge on any atom is 0.170 e. The molecule has 0 rings (SSSR count). The average molecular weight is 291 g/mol. The molecule has 0 aromatic rings. The standard InChI is InChI=1S/C13H34N2OSi2/c1-17(16-18(2,3)4)12-10-8-6-5-7-9-11-13(14)15/h13,17H,5-12,14-15H2,1-4H3. The zero-order valence-corrected chi connectivity index (χ0v) is 15.0. The van der Waals surface area contributed by atoms with E-state index >= 15 is 0 Å². The zero-order valence-electron chi connectivity index (χ0n) is 12.9. The molecule has 0 aliphatic heterocycles. The van der Waals surface area contributed by atoms with Crippen LogP contribution in [0.5, 0.6) is 0 Å². The Balaban J connectivity index is 3.25. The van der Waals surface area contributed by atoms with Crippen molar-refractivity contribution in [2.75, 3.05) is 0 Å². The minimum atomic E-state index is -1.28. The number of rotatable bonds is 11. The predicted molar refractivity (Wildman–Crippen MR) is 86.7 cm³/mol. The summed E-state index contributed by atoms with van der Waals surface area (Å²) in [5.74, 6) is 0. The average Bonchev–Trinajstić information content (AvgIpc) is 2.18. The van der Waals surface area contributed by atoms with Crippen LogP contribution >= 0.6 is 0 Å². The van der Waals surface area contributed by atoms with Crippen molar-refractivity contribution in [2.24, 2.45) is 11.5 Å². The molecule has 1 unspecified atom stereocenters. The minimum absolute atomic E-state index is 0.115. The molecule has 0 saturated heterocycles. The summed E-state index contributed by atoms with van der Waals surface area (Å²) < 4.78 is 6.16. The number of unbranched alkanes of at least 4 members (excludes halogenated alkanes) is 5. The van der Waals surface area contributed by atoms with Gasteiger partial charge in [0, 0.05) is 0 Å². The third kappa shape index (κ3) is 14.4. The molecule has 0 fully saturated rings. The molecule has 0 aliphatic rings. The Labute approximate surface area is 117 Å². The van der Waals surface area contributed by atoms with Gasteiger partial charge in [0.05, 0.1) is 6.17 Å². The van der Waals surface area contributed by atoms with E-state index in [1.54, 1.807) is 0 Å². The first kappa shape index (κ1) is 18.3. The summed E-state index contributed by atoms with van der Waals surface area (Å²) in [6.07, 6.45) is 8.72. The highest BCUT2D eigenvalue weighted by molar-refractivity contribution is 6.77. The molecule has 0 saturated carbocycles. The molecular formula is C13H34N2OSi2. The predicted octanol–water partition coefficient (Wildman–Crippen LogP) is 3.17. The van der Waals surface area contributed by atoms with E-state index in [9.17, 15) is 0 Å². The Kier molecular flexibility index (Phi) is 10.3. The van der Waals surface area contributed by atoms with Crippen LogP contribution in [-0.2, 0) is 4.12 Å². The molecule has 4 N–H and O–H groups in total. The second-order valence-corrected chi connectivity index (χ2v) is 13.8. The molecule has 0 aromatic carbocycles. The lowest BCUT2D eigenvalue weighted by molar-refractivity contribution is 0.536. The van der Waals surface area contributed by atoms with Crippen molar-refractivity contribution in [1.29, 1.82) is 0 Å². The molecule has 0 amide bonds. The van der Waals surface area contributed by atoms with E-state index in [1.807, 2.05) is 0 Å². The molecule has 1 atom stereocenters. The lowest BCUT2D eigenvalue weighted by Gasteiger charge is -2.22. The summed E-state index contributed by atoms with van der Waals surface area (Å²) in [7, 11) is -2.16. The second kappa shape index (κ2) is 10.1. The van der Waals surface area contributed by atoms with Gasteiger partial charge in [0.1, 0.15) is 0 Å². The summed E-state index contributed by atoms with van der Waals surface area (Å²) in [4.78, 5) is 0. The molecule has 18 heavy (non-hydrogen) atoms. The maximum atomic E-state index is 6.16. The van der Waals surface area contributed by atoms with Crippen LogP contribution in [0, 0.1) is 0 Å². The van der Waals surface area contributed by atoms with Crippen LogP contribution < -0.4 is 11.5 Å². The Morgan fingerprint density at radius 2 is 1.44 bits per heavy atom. The number of nitrogens with two attached hydrogens (primary N) is 2. The third-order valence-electron chi connectivity index (χ3n) is 2.95. The van der Waals surface area contributed by atoms with Crippen LogP contribution in [0.4, 0.5) is 0 Å². The van der Waals surface area contributed by atoms with Crippen LogP contribution in [0.15, 0.2) is 0 Å². The fourth-order valence-corrected chi connectivity index (χ4v) is 8.34. The van der Waals surface area contributed by atoms with Crippen LogP contribution in [-0.4, -0.2) is 23.5 Å². The molecular weight excluding hydrogens is 256 g/mol. The molecule has 0 bridgehead atoms. The highest BCUT2D eigenvalue weighted by atomic mass is 28.4. The largest absolute Gasteiger partial charge is 0.458 e. The van der Waals surface area contributed by atoms with Crippen molar-refractivity contribution >= 4 is 17.4 Å². The Hall–Kier alpha value is 0.314. The van der Waals surface area contributed by atoms with Gasteiger partial charge < -0.3 is 15.6 Å². The van der Waals surface area contributed by atoms with Gasteiger partial charge in [0.25, 0.3) is 0 Å². The normalized spacial score (nSPS) is 14.2. The van der Waals surface area contributed by atoms with Crippen molar-refractivity contribution in [3.8, 4) is 0 Å². The molecule has 0 radical (unpaired) electrons. The first-order valence-corrected chi connectivity index (χ1v) is 13.4. The molecule has 5 heteroatoms. The van der Waals surface area contributed by atoms with Crippen molar-refractivity contribution in [1.82, 2.24) is 0 Å². The van der Waals surface area contributed by atoms with Gasteiger partial charge >= 0.3 is 0 Å². The third-order valence-corrected chi connectivity index (χ3v) is 8.61. The van der Waals surface area contributed by atoms with Crippen LogP contribution in [0.25, 0.3) is 0 Å². The van der Waals surface area contributed by atoms with Crippen molar-refractivity contribution < 1.29 is 4.12 Å². The van der Waals surface area contributed by atoms with Gasteiger partial charge in [-0.3, -0.25) is 0 Å². The molecule has 110 valence electrons. The SMILES string of the molecule is C[SiH](CCCCCCCCC(N)N)O[Si](C)(C)C. The zero-order chi connectivity index (χ0) is 14.0. The molecule has 0 heterocycles. The van der Waals surface area contributed by atoms with E-state index in [2.05, 4.69) is 26.2 Å². The van der Waals surface area contributed by atoms with Gasteiger partial charge in [-0.25, -0.2) is 0 Å². The molecule has 0 spiro atoms. The summed E-state index contributed by atoms with van der Waals surface area (Å²) in [6, 6.07) is 1.35. The first-order chi connectivity index (χ1) is 8.31. The van der Waals surface area contributed by atoms with E-state index in [4.69, 9.17) is 15.6 Å². The van der Waals surface area contributed by atoms with Gasteiger partial charge in [-0.05, 0) is 38.7 Å². The lowest BCUT2D eigenvalue weighted by Crippen LogP contribution is -2.32. The van der Waals surface area contributed by atoms with Gasteiger partial charge in [0.15, 0.2) is 17.4 Å². The van der Waals surface area contributed by atoms with Gasteiger partial charge in [-0.15, -0.1) is 0 Å². The summed E-state index contributed by atoms with van der Waals surface area (Å²) in [6.45, 7) is 9.22. The van der Waals surface area contributed by atoms with Gasteiger partial charge in [0.2, 0.25) is 0 Å². The van der Waals surface area contributed by atoms with Crippen molar-refractivity contribution in [3.63, 3.8) is 0 Å². The number of hydrogen-bond donors (Lipinski definition) is 2. The Bertz CT molecular complexity index is 196. The van der Waals surface area contributed by atoms with Gasteiger partial charge in [-0.1, -0.05) is 38.5 Å². The molecule has 3 nitrogen and oxygen atoms in total. The fraction of sp³-hybridized carbons (Fsp3) is 1.00. The topological polar surface area (TPSA) is 61.3 Å². The van der Waals surface area contributed by atoms with Crippen LogP contribution in [0.2, 0.25) is 32.2 Å². The quantitative estimate of drug-likeness (QED) is 0.349. The monoisotopic (exact) mass is 290 g/mol. The van der Waals surface area contributed by atoms with Crippen molar-refractivity contribution in [3.05, 3.63) is 0 Å². The van der Waals surface area contributed by atoms with Crippen LogP contribution in [0.1, 0.15) is 44.9 Å². The first-order valence-electron chi connectivity index (χ1n) is 7.50. The van der Waals surface area contributed by atoms with E-state index in [1.165, 1.54) is 44.6 Å². The molecule has 0 aliphatic carbocycles. The minimum Gasteiger partial charge on any atom is -0.458 e. The Morgan fingerprint density at radius 1 is 0.944 bits per heavy atom. The molecule has 0 aromatic heterocycles. The van der Waals surface area contributed by atoms with E-state index in [0.29, 0.717) is 0 Å². The Morgan fingerprint density at radius 3 is 1.94 bits per heavy atom. The summed E-state index contributed by atoms with van der Waals surface area (Å²) >= 11 is 0. The fourth-order valence-electron chi connectivity index (χ4n) is 2.18. The second-order valence-electron chi connectivity index (χ2n) is 6.40. The van der Waals surface area contributed by atoms with E-state index in [0.717, 1.165) is 6.42 Å².